The van der Waals surface area contributed by atoms with Gasteiger partial charge in [0.05, 0.1) is 9.40 Å². The van der Waals surface area contributed by atoms with Crippen molar-refractivity contribution in [1.29, 1.82) is 0 Å². The average Bonchev–Trinajstić information content (AvgIpc) is 2.41. The van der Waals surface area contributed by atoms with Crippen LogP contribution >= 0.6 is 15.9 Å². The molecule has 2 rings (SSSR count). The lowest BCUT2D eigenvalue weighted by Gasteiger charge is -2.35. The summed E-state index contributed by atoms with van der Waals surface area (Å²) < 4.78 is 0.706. The molecule has 2 atom stereocenters. The predicted molar refractivity (Wildman–Crippen MR) is 81.9 cm³/mol. The van der Waals surface area contributed by atoms with Gasteiger partial charge < -0.3 is 10.6 Å². The number of halogens is 1. The summed E-state index contributed by atoms with van der Waals surface area (Å²) in [6.07, 6.45) is 3.53. The third-order valence-electron chi connectivity index (χ3n) is 3.92. The number of hydrogen-bond acceptors (Lipinski definition) is 5. The minimum atomic E-state index is -0.405. The largest absolute Gasteiger partial charge is 0.355 e. The molecule has 0 spiro atoms. The van der Waals surface area contributed by atoms with Crippen LogP contribution in [0, 0.1) is 23.0 Å². The van der Waals surface area contributed by atoms with Crippen LogP contribution < -0.4 is 10.6 Å². The molecule has 7 heteroatoms. The van der Waals surface area contributed by atoms with E-state index in [0.717, 1.165) is 31.7 Å². The fourth-order valence-electron chi connectivity index (χ4n) is 2.59. The lowest BCUT2D eigenvalue weighted by atomic mass is 9.92. The van der Waals surface area contributed by atoms with Gasteiger partial charge in [0.1, 0.15) is 12.0 Å². The van der Waals surface area contributed by atoms with E-state index < -0.39 is 4.92 Å². The molecule has 2 heterocycles. The van der Waals surface area contributed by atoms with E-state index in [2.05, 4.69) is 25.8 Å². The molecule has 1 aliphatic rings. The Labute approximate surface area is 126 Å². The Bertz CT molecular complexity index is 521. The summed E-state index contributed by atoms with van der Waals surface area (Å²) >= 11 is 3.45. The second kappa shape index (κ2) is 6.05. The van der Waals surface area contributed by atoms with E-state index in [1.54, 1.807) is 6.92 Å². The highest BCUT2D eigenvalue weighted by Gasteiger charge is 2.26. The molecule has 2 N–H and O–H groups in total. The van der Waals surface area contributed by atoms with E-state index in [-0.39, 0.29) is 11.7 Å². The number of aromatic nitrogens is 1. The normalized spacial score (nSPS) is 20.8. The van der Waals surface area contributed by atoms with Gasteiger partial charge in [-0.3, -0.25) is 10.1 Å². The van der Waals surface area contributed by atoms with Gasteiger partial charge in [0, 0.05) is 24.7 Å². The molecule has 0 radical (unpaired) electrons. The molecule has 1 aromatic heterocycles. The molecule has 1 aromatic rings. The van der Waals surface area contributed by atoms with Gasteiger partial charge in [-0.15, -0.1) is 0 Å². The number of nitrogens with zero attached hydrogens (tertiary/aromatic N) is 3. The summed E-state index contributed by atoms with van der Waals surface area (Å²) in [6, 6.07) is 0.149. The summed E-state index contributed by atoms with van der Waals surface area (Å²) in [5.41, 5.74) is 6.65. The molecule has 1 fully saturated rings. The number of anilines is 1. The number of piperidine rings is 1. The highest BCUT2D eigenvalue weighted by Crippen LogP contribution is 2.34. The van der Waals surface area contributed by atoms with Crippen LogP contribution in [-0.2, 0) is 0 Å². The zero-order chi connectivity index (χ0) is 14.9. The zero-order valence-electron chi connectivity index (χ0n) is 11.7. The van der Waals surface area contributed by atoms with E-state index in [1.807, 2.05) is 6.92 Å². The zero-order valence-corrected chi connectivity index (χ0v) is 13.3. The molecule has 2 unspecified atom stereocenters. The number of pyridine rings is 1. The predicted octanol–water partition coefficient (Wildman–Crippen LogP) is 2.62. The molecule has 6 nitrogen and oxygen atoms in total. The van der Waals surface area contributed by atoms with Gasteiger partial charge in [-0.05, 0) is 48.5 Å². The Kier molecular flexibility index (Phi) is 4.59. The fourth-order valence-corrected chi connectivity index (χ4v) is 3.15. The Hall–Kier alpha value is -1.21. The Balaban J connectivity index is 2.29. The summed E-state index contributed by atoms with van der Waals surface area (Å²) in [7, 11) is 0. The monoisotopic (exact) mass is 342 g/mol. The minimum Gasteiger partial charge on any atom is -0.355 e. The van der Waals surface area contributed by atoms with Crippen LogP contribution in [0.5, 0.6) is 0 Å². The first-order valence-corrected chi connectivity index (χ1v) is 7.51. The van der Waals surface area contributed by atoms with E-state index >= 15 is 0 Å². The van der Waals surface area contributed by atoms with Crippen molar-refractivity contribution in [3.63, 3.8) is 0 Å². The van der Waals surface area contributed by atoms with Gasteiger partial charge >= 0.3 is 0 Å². The third kappa shape index (κ3) is 2.93. The van der Waals surface area contributed by atoms with Crippen LogP contribution in [0.4, 0.5) is 11.5 Å². The fraction of sp³-hybridized carbons (Fsp3) is 0.615. The van der Waals surface area contributed by atoms with Crippen LogP contribution in [0.15, 0.2) is 10.7 Å². The van der Waals surface area contributed by atoms with E-state index in [0.29, 0.717) is 16.0 Å². The molecular formula is C13H19BrN4O2. The van der Waals surface area contributed by atoms with Crippen molar-refractivity contribution in [2.45, 2.75) is 32.7 Å². The van der Waals surface area contributed by atoms with Crippen LogP contribution in [0.25, 0.3) is 0 Å². The van der Waals surface area contributed by atoms with Crippen molar-refractivity contribution >= 4 is 27.4 Å². The van der Waals surface area contributed by atoms with E-state index in [4.69, 9.17) is 5.73 Å². The maximum Gasteiger partial charge on any atom is 0.291 e. The van der Waals surface area contributed by atoms with Crippen molar-refractivity contribution in [1.82, 2.24) is 4.98 Å². The number of hydrogen-bond donors (Lipinski definition) is 1. The van der Waals surface area contributed by atoms with E-state index in [1.165, 1.54) is 6.20 Å². The summed E-state index contributed by atoms with van der Waals surface area (Å²) in [5, 5.41) is 10.9. The molecule has 1 saturated heterocycles. The molecule has 0 saturated carbocycles. The van der Waals surface area contributed by atoms with E-state index in [9.17, 15) is 10.1 Å². The first kappa shape index (κ1) is 15.2. The summed E-state index contributed by atoms with van der Waals surface area (Å²) in [6.45, 7) is 5.52. The van der Waals surface area contributed by atoms with Crippen molar-refractivity contribution < 1.29 is 4.92 Å². The average molecular weight is 343 g/mol. The lowest BCUT2D eigenvalue weighted by Crippen LogP contribution is -2.42. The molecular weight excluding hydrogens is 324 g/mol. The molecule has 0 bridgehead atoms. The highest BCUT2D eigenvalue weighted by molar-refractivity contribution is 9.10. The molecule has 0 aromatic carbocycles. The van der Waals surface area contributed by atoms with Gasteiger partial charge in [-0.1, -0.05) is 0 Å². The van der Waals surface area contributed by atoms with Crippen molar-refractivity contribution in [3.05, 3.63) is 26.3 Å². The van der Waals surface area contributed by atoms with Gasteiger partial charge in [-0.25, -0.2) is 4.98 Å². The number of rotatable bonds is 3. The van der Waals surface area contributed by atoms with Crippen molar-refractivity contribution in [3.8, 4) is 0 Å². The smallest absolute Gasteiger partial charge is 0.291 e. The van der Waals surface area contributed by atoms with Gasteiger partial charge in [0.15, 0.2) is 0 Å². The van der Waals surface area contributed by atoms with Crippen LogP contribution in [0.1, 0.15) is 25.3 Å². The maximum atomic E-state index is 10.9. The SMILES string of the molecule is Cc1c([N+](=O)[O-])cnc(N2CCCC(C(C)N)C2)c1Br. The Morgan fingerprint density at radius 3 is 2.95 bits per heavy atom. The van der Waals surface area contributed by atoms with Gasteiger partial charge in [-0.2, -0.15) is 0 Å². The Morgan fingerprint density at radius 1 is 1.65 bits per heavy atom. The van der Waals surface area contributed by atoms with Crippen LogP contribution in [-0.4, -0.2) is 29.0 Å². The van der Waals surface area contributed by atoms with Crippen LogP contribution in [0.3, 0.4) is 0 Å². The van der Waals surface area contributed by atoms with Gasteiger partial charge in [0.2, 0.25) is 0 Å². The first-order chi connectivity index (χ1) is 9.41. The second-order valence-electron chi connectivity index (χ2n) is 5.37. The third-order valence-corrected chi connectivity index (χ3v) is 4.87. The topological polar surface area (TPSA) is 85.3 Å². The Morgan fingerprint density at radius 2 is 2.35 bits per heavy atom. The lowest BCUT2D eigenvalue weighted by molar-refractivity contribution is -0.385. The quantitative estimate of drug-likeness (QED) is 0.674. The molecule has 20 heavy (non-hydrogen) atoms. The first-order valence-electron chi connectivity index (χ1n) is 6.71. The highest BCUT2D eigenvalue weighted by atomic mass is 79.9. The minimum absolute atomic E-state index is 0.0429. The second-order valence-corrected chi connectivity index (χ2v) is 6.16. The van der Waals surface area contributed by atoms with Crippen molar-refractivity contribution in [2.75, 3.05) is 18.0 Å². The molecule has 1 aliphatic heterocycles. The van der Waals surface area contributed by atoms with Crippen molar-refractivity contribution in [2.24, 2.45) is 11.7 Å². The van der Waals surface area contributed by atoms with Crippen LogP contribution in [0.2, 0.25) is 0 Å². The van der Waals surface area contributed by atoms with Gasteiger partial charge in [0.25, 0.3) is 5.69 Å². The standard InChI is InChI=1S/C13H19BrN4O2/c1-8-11(18(19)20)6-16-13(12(8)14)17-5-3-4-10(7-17)9(2)15/h6,9-10H,3-5,7,15H2,1-2H3. The molecule has 0 amide bonds. The number of nitro groups is 1. The maximum absolute atomic E-state index is 10.9. The summed E-state index contributed by atoms with van der Waals surface area (Å²) in [4.78, 5) is 17.0. The molecule has 110 valence electrons. The number of nitrogens with two attached hydrogens (primary N) is 1. The molecule has 0 aliphatic carbocycles. The summed E-state index contributed by atoms with van der Waals surface area (Å²) in [5.74, 6) is 1.21.